The molecule has 0 spiro atoms. The van der Waals surface area contributed by atoms with Crippen molar-refractivity contribution in [2.24, 2.45) is 0 Å². The predicted molar refractivity (Wildman–Crippen MR) is 47.2 cm³/mol. The van der Waals surface area contributed by atoms with E-state index in [-0.39, 0.29) is 20.9 Å². The molecule has 0 saturated carbocycles. The fourth-order valence-corrected chi connectivity index (χ4v) is 2.06. The fourth-order valence-electron chi connectivity index (χ4n) is 0.838. The second-order valence-electron chi connectivity index (χ2n) is 2.22. The molecule has 0 bridgehead atoms. The quantitative estimate of drug-likeness (QED) is 0.601. The third-order valence-corrected chi connectivity index (χ3v) is 2.94. The number of hydrogen-bond acceptors (Lipinski definition) is 1. The molecular formula is C9H10OTe. The zero-order valence-electron chi connectivity index (χ0n) is 6.41. The molecule has 0 radical (unpaired) electrons. The summed E-state index contributed by atoms with van der Waals surface area (Å²) in [4.78, 5) is 13.4. The number of hydrogen-bond donors (Lipinski definition) is 0. The van der Waals surface area contributed by atoms with E-state index in [4.69, 9.17) is 0 Å². The summed E-state index contributed by atoms with van der Waals surface area (Å²) in [6.07, 6.45) is 0. The molecule has 0 aromatic heterocycles. The Labute approximate surface area is 76.9 Å². The molecule has 0 heterocycles. The Kier molecular flexibility index (Phi) is 3.62. The summed E-state index contributed by atoms with van der Waals surface area (Å²) in [5.41, 5.74) is 0.861. The van der Waals surface area contributed by atoms with Crippen molar-refractivity contribution in [2.45, 2.75) is 9.44 Å². The van der Waals surface area contributed by atoms with Crippen LogP contribution in [0.5, 0.6) is 0 Å². The van der Waals surface area contributed by atoms with E-state index in [0.29, 0.717) is 5.78 Å². The first-order chi connectivity index (χ1) is 5.34. The third-order valence-electron chi connectivity index (χ3n) is 1.37. The van der Waals surface area contributed by atoms with E-state index in [9.17, 15) is 4.79 Å². The molecule has 0 fully saturated rings. The normalized spacial score (nSPS) is 9.55. The molecule has 0 aliphatic heterocycles. The van der Waals surface area contributed by atoms with Crippen LogP contribution in [-0.2, 0) is 0 Å². The summed E-state index contributed by atoms with van der Waals surface area (Å²) in [6.45, 7) is 0. The number of ketones is 1. The summed E-state index contributed by atoms with van der Waals surface area (Å²) >= 11 is -0.0595. The van der Waals surface area contributed by atoms with Crippen LogP contribution in [0.1, 0.15) is 10.4 Å². The molecule has 0 N–H and O–H groups in total. The van der Waals surface area contributed by atoms with Gasteiger partial charge in [0.2, 0.25) is 0 Å². The first kappa shape index (κ1) is 8.77. The van der Waals surface area contributed by atoms with Gasteiger partial charge in [0.15, 0.2) is 0 Å². The average Bonchev–Trinajstić information content (AvgIpc) is 2.07. The van der Waals surface area contributed by atoms with Crippen molar-refractivity contribution in [3.63, 3.8) is 0 Å². The second-order valence-corrected chi connectivity index (χ2v) is 4.69. The topological polar surface area (TPSA) is 17.1 Å². The average molecular weight is 262 g/mol. The summed E-state index contributed by atoms with van der Waals surface area (Å²) in [5.74, 6) is 0.301. The zero-order valence-corrected chi connectivity index (χ0v) is 8.74. The van der Waals surface area contributed by atoms with Gasteiger partial charge in [-0.15, -0.1) is 0 Å². The van der Waals surface area contributed by atoms with Gasteiger partial charge in [0, 0.05) is 0 Å². The van der Waals surface area contributed by atoms with Gasteiger partial charge in [-0.1, -0.05) is 0 Å². The van der Waals surface area contributed by atoms with E-state index in [2.05, 4.69) is 4.97 Å². The monoisotopic (exact) mass is 264 g/mol. The molecule has 0 saturated heterocycles. The van der Waals surface area contributed by atoms with Crippen molar-refractivity contribution >= 4 is 26.7 Å². The Bertz CT molecular complexity index is 231. The predicted octanol–water partition coefficient (Wildman–Crippen LogP) is 2.04. The van der Waals surface area contributed by atoms with Gasteiger partial charge in [-0.2, -0.15) is 0 Å². The standard InChI is InChI=1S/C9H10OTe/c1-11-7-9(10)8-5-3-2-4-6-8/h2-6H,7H2,1H3. The first-order valence-corrected chi connectivity index (χ1v) is 7.39. The molecule has 11 heavy (non-hydrogen) atoms. The van der Waals surface area contributed by atoms with Crippen molar-refractivity contribution < 1.29 is 4.79 Å². The Morgan fingerprint density at radius 3 is 2.55 bits per heavy atom. The van der Waals surface area contributed by atoms with E-state index in [1.54, 1.807) is 0 Å². The number of Topliss-reactive ketones (excluding diaryl/α,β-unsaturated/α-hetero) is 1. The van der Waals surface area contributed by atoms with Crippen LogP contribution in [0.3, 0.4) is 0 Å². The third kappa shape index (κ3) is 2.65. The molecule has 0 unspecified atom stereocenters. The molecule has 1 aromatic rings. The van der Waals surface area contributed by atoms with Gasteiger partial charge in [-0.3, -0.25) is 0 Å². The number of benzene rings is 1. The van der Waals surface area contributed by atoms with Gasteiger partial charge >= 0.3 is 76.8 Å². The van der Waals surface area contributed by atoms with Gasteiger partial charge in [0.1, 0.15) is 0 Å². The van der Waals surface area contributed by atoms with Crippen LogP contribution in [0.4, 0.5) is 0 Å². The minimum absolute atomic E-state index is 0.0595. The Balaban J connectivity index is 2.69. The van der Waals surface area contributed by atoms with Gasteiger partial charge in [-0.05, 0) is 0 Å². The Morgan fingerprint density at radius 1 is 1.36 bits per heavy atom. The molecule has 1 rings (SSSR count). The van der Waals surface area contributed by atoms with Crippen LogP contribution in [0.25, 0.3) is 0 Å². The van der Waals surface area contributed by atoms with Gasteiger partial charge < -0.3 is 0 Å². The van der Waals surface area contributed by atoms with E-state index >= 15 is 0 Å². The molecular weight excluding hydrogens is 252 g/mol. The van der Waals surface area contributed by atoms with Crippen LogP contribution < -0.4 is 0 Å². The second kappa shape index (κ2) is 4.54. The number of carbonyl (C=O) groups excluding carboxylic acids is 1. The van der Waals surface area contributed by atoms with Crippen LogP contribution in [0, 0.1) is 0 Å². The minimum atomic E-state index is -0.0595. The summed E-state index contributed by atoms with van der Waals surface area (Å²) in [6, 6.07) is 9.50. The van der Waals surface area contributed by atoms with E-state index in [1.165, 1.54) is 0 Å². The maximum atomic E-state index is 11.3. The van der Waals surface area contributed by atoms with Gasteiger partial charge in [-0.25, -0.2) is 0 Å². The summed E-state index contributed by atoms with van der Waals surface area (Å²) < 4.78 is 0.787. The molecule has 0 aliphatic rings. The van der Waals surface area contributed by atoms with Crippen molar-refractivity contribution in [3.05, 3.63) is 35.9 Å². The number of carbonyl (C=O) groups is 1. The van der Waals surface area contributed by atoms with Gasteiger partial charge in [0.05, 0.1) is 0 Å². The molecule has 58 valence electrons. The summed E-state index contributed by atoms with van der Waals surface area (Å²) in [7, 11) is 0. The fraction of sp³-hybridized carbons (Fsp3) is 0.222. The Morgan fingerprint density at radius 2 is 2.00 bits per heavy atom. The molecule has 1 nitrogen and oxygen atoms in total. The van der Waals surface area contributed by atoms with E-state index < -0.39 is 0 Å². The first-order valence-electron chi connectivity index (χ1n) is 3.42. The van der Waals surface area contributed by atoms with Crippen molar-refractivity contribution in [1.29, 1.82) is 0 Å². The molecule has 0 atom stereocenters. The van der Waals surface area contributed by atoms with Crippen molar-refractivity contribution in [2.75, 3.05) is 0 Å². The summed E-state index contributed by atoms with van der Waals surface area (Å²) in [5, 5.41) is 0. The van der Waals surface area contributed by atoms with Crippen LogP contribution >= 0.6 is 0 Å². The van der Waals surface area contributed by atoms with Crippen LogP contribution in [-0.4, -0.2) is 26.7 Å². The van der Waals surface area contributed by atoms with E-state index in [0.717, 1.165) is 10.0 Å². The van der Waals surface area contributed by atoms with Crippen molar-refractivity contribution in [3.8, 4) is 0 Å². The molecule has 0 amide bonds. The van der Waals surface area contributed by atoms with Crippen LogP contribution in [0.2, 0.25) is 9.44 Å². The number of rotatable bonds is 3. The molecule has 1 aromatic carbocycles. The van der Waals surface area contributed by atoms with E-state index in [1.807, 2.05) is 30.3 Å². The van der Waals surface area contributed by atoms with Crippen molar-refractivity contribution in [1.82, 2.24) is 0 Å². The van der Waals surface area contributed by atoms with Crippen LogP contribution in [0.15, 0.2) is 30.3 Å². The Hall–Kier alpha value is -0.320. The maximum absolute atomic E-state index is 11.3. The SMILES string of the molecule is C[Te]CC(=O)c1ccccc1. The zero-order chi connectivity index (χ0) is 8.10. The molecule has 2 heteroatoms. The molecule has 0 aliphatic carbocycles. The van der Waals surface area contributed by atoms with Gasteiger partial charge in [0.25, 0.3) is 0 Å².